The maximum Gasteiger partial charge on any atom is 0.417 e. The van der Waals surface area contributed by atoms with E-state index in [0.29, 0.717) is 6.42 Å². The average Bonchev–Trinajstić information content (AvgIpc) is 1.80. The van der Waals surface area contributed by atoms with Crippen LogP contribution in [-0.2, 0) is 14.3 Å². The van der Waals surface area contributed by atoms with Crippen molar-refractivity contribution in [2.45, 2.75) is 12.8 Å². The quantitative estimate of drug-likeness (QED) is 0.530. The van der Waals surface area contributed by atoms with Gasteiger partial charge in [-0.15, -0.1) is 0 Å². The summed E-state index contributed by atoms with van der Waals surface area (Å²) in [5.41, 5.74) is 0. The summed E-state index contributed by atoms with van der Waals surface area (Å²) in [7, 11) is 0. The molecule has 0 aliphatic rings. The Bertz CT molecular complexity index is 99.1. The Kier molecular flexibility index (Phi) is 4.49. The van der Waals surface area contributed by atoms with Gasteiger partial charge in [0.15, 0.2) is 0 Å². The summed E-state index contributed by atoms with van der Waals surface area (Å²) in [6, 6.07) is 0. The number of hydrogen-bond donors (Lipinski definition) is 1. The third kappa shape index (κ3) is 6.94. The molecule has 0 aromatic heterocycles. The molecule has 0 aromatic rings. The van der Waals surface area contributed by atoms with Gasteiger partial charge in [-0.25, -0.2) is 4.79 Å². The molecular formula is C5H7O4. The first kappa shape index (κ1) is 7.94. The van der Waals surface area contributed by atoms with E-state index in [1.165, 1.54) is 6.47 Å². The van der Waals surface area contributed by atoms with Crippen molar-refractivity contribution in [3.05, 3.63) is 0 Å². The molecule has 0 spiro atoms. The molecule has 0 rings (SSSR count). The molecule has 0 saturated heterocycles. The van der Waals surface area contributed by atoms with Crippen LogP contribution in [0.5, 0.6) is 0 Å². The molecule has 0 unspecified atom stereocenters. The summed E-state index contributed by atoms with van der Waals surface area (Å²) in [6.45, 7) is 1.33. The number of carboxylic acids is 1. The highest BCUT2D eigenvalue weighted by atomic mass is 16.5. The minimum absolute atomic E-state index is 0.0294. The second-order valence-electron chi connectivity index (χ2n) is 1.43. The van der Waals surface area contributed by atoms with Gasteiger partial charge >= 0.3 is 12.4 Å². The Morgan fingerprint density at radius 2 is 2.33 bits per heavy atom. The number of carbonyl (C=O) groups is 1. The third-order valence-electron chi connectivity index (χ3n) is 0.696. The van der Waals surface area contributed by atoms with Crippen molar-refractivity contribution in [1.82, 2.24) is 0 Å². The molecule has 1 radical (unpaired) electrons. The molecule has 9 heavy (non-hydrogen) atoms. The third-order valence-corrected chi connectivity index (χ3v) is 0.696. The number of rotatable bonds is 5. The van der Waals surface area contributed by atoms with Gasteiger partial charge in [0.1, 0.15) is 0 Å². The highest BCUT2D eigenvalue weighted by Crippen LogP contribution is 1.87. The molecule has 1 N–H and O–H groups in total. The zero-order valence-corrected chi connectivity index (χ0v) is 4.79. The van der Waals surface area contributed by atoms with Crippen molar-refractivity contribution in [1.29, 1.82) is 0 Å². The fourth-order valence-electron chi connectivity index (χ4n) is 0.337. The van der Waals surface area contributed by atoms with Gasteiger partial charge in [-0.1, -0.05) is 0 Å². The van der Waals surface area contributed by atoms with Crippen LogP contribution in [-0.4, -0.2) is 24.2 Å². The summed E-state index contributed by atoms with van der Waals surface area (Å²) >= 11 is 0. The van der Waals surface area contributed by atoms with Crippen molar-refractivity contribution in [2.24, 2.45) is 0 Å². The highest BCUT2D eigenvalue weighted by molar-refractivity contribution is 5.66. The summed E-state index contributed by atoms with van der Waals surface area (Å²) in [4.78, 5) is 19.2. The normalized spacial score (nSPS) is 8.44. The fourth-order valence-corrected chi connectivity index (χ4v) is 0.337. The standard InChI is InChI=1S/C5H7O4/c6-4-9-3-1-2-5(7)8/h1-3H2,(H,7,8). The molecule has 0 atom stereocenters. The fraction of sp³-hybridized carbons (Fsp3) is 0.600. The van der Waals surface area contributed by atoms with Gasteiger partial charge in [-0.2, -0.15) is 0 Å². The Labute approximate surface area is 52.4 Å². The molecule has 4 heteroatoms. The van der Waals surface area contributed by atoms with Gasteiger partial charge in [-0.3, -0.25) is 4.79 Å². The van der Waals surface area contributed by atoms with E-state index in [1.807, 2.05) is 0 Å². The average molecular weight is 131 g/mol. The van der Waals surface area contributed by atoms with Crippen LogP contribution in [0.3, 0.4) is 0 Å². The van der Waals surface area contributed by atoms with Crippen LogP contribution >= 0.6 is 0 Å². The summed E-state index contributed by atoms with van der Waals surface area (Å²) in [5, 5.41) is 8.06. The predicted molar refractivity (Wildman–Crippen MR) is 28.5 cm³/mol. The molecule has 0 saturated carbocycles. The smallest absolute Gasteiger partial charge is 0.417 e. The number of carbonyl (C=O) groups excluding carboxylic acids is 1. The van der Waals surface area contributed by atoms with Crippen molar-refractivity contribution in [3.8, 4) is 0 Å². The van der Waals surface area contributed by atoms with E-state index >= 15 is 0 Å². The Morgan fingerprint density at radius 1 is 1.67 bits per heavy atom. The molecule has 0 amide bonds. The topological polar surface area (TPSA) is 63.6 Å². The first-order chi connectivity index (χ1) is 4.27. The lowest BCUT2D eigenvalue weighted by Crippen LogP contribution is -1.98. The van der Waals surface area contributed by atoms with Crippen molar-refractivity contribution < 1.29 is 19.4 Å². The Balaban J connectivity index is 2.91. The lowest BCUT2D eigenvalue weighted by atomic mass is 10.3. The zero-order valence-electron chi connectivity index (χ0n) is 4.79. The lowest BCUT2D eigenvalue weighted by molar-refractivity contribution is -0.137. The molecule has 0 aliphatic carbocycles. The zero-order chi connectivity index (χ0) is 7.11. The highest BCUT2D eigenvalue weighted by Gasteiger charge is 1.94. The second-order valence-corrected chi connectivity index (χ2v) is 1.43. The molecule has 0 aromatic carbocycles. The van der Waals surface area contributed by atoms with Crippen LogP contribution in [0.25, 0.3) is 0 Å². The maximum atomic E-state index is 9.81. The molecule has 0 bridgehead atoms. The monoisotopic (exact) mass is 131 g/mol. The molecule has 4 nitrogen and oxygen atoms in total. The van der Waals surface area contributed by atoms with Gasteiger partial charge in [0.25, 0.3) is 0 Å². The SMILES string of the molecule is O=[C]OCCCC(=O)O. The van der Waals surface area contributed by atoms with E-state index in [-0.39, 0.29) is 13.0 Å². The second kappa shape index (κ2) is 5.08. The van der Waals surface area contributed by atoms with Crippen LogP contribution in [0.4, 0.5) is 0 Å². The lowest BCUT2D eigenvalue weighted by Gasteiger charge is -1.91. The van der Waals surface area contributed by atoms with Crippen molar-refractivity contribution in [3.63, 3.8) is 0 Å². The molecule has 0 fully saturated rings. The summed E-state index contributed by atoms with van der Waals surface area (Å²) in [5.74, 6) is -0.885. The van der Waals surface area contributed by atoms with Gasteiger partial charge in [0.2, 0.25) is 0 Å². The van der Waals surface area contributed by atoms with Crippen LogP contribution in [0, 0.1) is 0 Å². The van der Waals surface area contributed by atoms with Crippen LogP contribution in [0.1, 0.15) is 12.8 Å². The van der Waals surface area contributed by atoms with E-state index in [0.717, 1.165) is 0 Å². The van der Waals surface area contributed by atoms with Crippen molar-refractivity contribution in [2.75, 3.05) is 6.61 Å². The van der Waals surface area contributed by atoms with E-state index in [2.05, 4.69) is 4.74 Å². The Hall–Kier alpha value is -1.06. The minimum Gasteiger partial charge on any atom is -0.481 e. The first-order valence-electron chi connectivity index (χ1n) is 2.48. The van der Waals surface area contributed by atoms with Crippen molar-refractivity contribution >= 4 is 12.4 Å². The van der Waals surface area contributed by atoms with Crippen LogP contribution in [0.15, 0.2) is 0 Å². The van der Waals surface area contributed by atoms with Crippen LogP contribution < -0.4 is 0 Å². The van der Waals surface area contributed by atoms with Gasteiger partial charge in [0, 0.05) is 6.42 Å². The largest absolute Gasteiger partial charge is 0.481 e. The molecular weight excluding hydrogens is 124 g/mol. The summed E-state index contributed by atoms with van der Waals surface area (Å²) < 4.78 is 4.12. The van der Waals surface area contributed by atoms with E-state index < -0.39 is 5.97 Å². The number of carboxylic acid groups (broad SMARTS) is 1. The Morgan fingerprint density at radius 3 is 2.78 bits per heavy atom. The summed E-state index contributed by atoms with van der Waals surface area (Å²) in [6.07, 6.45) is 0.381. The molecule has 51 valence electrons. The predicted octanol–water partition coefficient (Wildman–Crippen LogP) is -0.0650. The number of aliphatic carboxylic acids is 1. The van der Waals surface area contributed by atoms with Crippen LogP contribution in [0.2, 0.25) is 0 Å². The molecule has 0 aliphatic heterocycles. The van der Waals surface area contributed by atoms with E-state index in [1.54, 1.807) is 0 Å². The van der Waals surface area contributed by atoms with Gasteiger partial charge in [-0.05, 0) is 6.42 Å². The maximum absolute atomic E-state index is 9.81. The van der Waals surface area contributed by atoms with Gasteiger partial charge < -0.3 is 9.84 Å². The molecule has 0 heterocycles. The number of hydrogen-bond acceptors (Lipinski definition) is 3. The number of ether oxygens (including phenoxy) is 1. The van der Waals surface area contributed by atoms with Gasteiger partial charge in [0.05, 0.1) is 6.61 Å². The van der Waals surface area contributed by atoms with E-state index in [9.17, 15) is 9.59 Å². The first-order valence-corrected chi connectivity index (χ1v) is 2.48. The van der Waals surface area contributed by atoms with E-state index in [4.69, 9.17) is 5.11 Å². The minimum atomic E-state index is -0.885.